The van der Waals surface area contributed by atoms with Crippen molar-refractivity contribution in [2.24, 2.45) is 0 Å². The minimum atomic E-state index is -0.693. The molecule has 0 aliphatic heterocycles. The highest BCUT2D eigenvalue weighted by atomic mass is 35.5. The van der Waals surface area contributed by atoms with Crippen molar-refractivity contribution in [2.75, 3.05) is 13.2 Å². The molecule has 1 aromatic carbocycles. The molecule has 1 aromatic rings. The number of halogens is 2. The fourth-order valence-corrected chi connectivity index (χ4v) is 1.17. The third kappa shape index (κ3) is 4.04. The molecule has 0 fully saturated rings. The molecule has 2 N–H and O–H groups in total. The molecule has 0 saturated heterocycles. The number of hydrogen-bond donors (Lipinski definition) is 2. The molecule has 0 unspecified atom stereocenters. The normalized spacial score (nSPS) is 9.94. The van der Waals surface area contributed by atoms with Crippen molar-refractivity contribution in [3.05, 3.63) is 29.0 Å². The van der Waals surface area contributed by atoms with Crippen molar-refractivity contribution in [3.8, 4) is 5.75 Å². The SMILES string of the molecule is O=C(NCCCO)Oc1ccc(F)cc1Cl. The summed E-state index contributed by atoms with van der Waals surface area (Å²) in [6.45, 7) is 0.283. The summed E-state index contributed by atoms with van der Waals surface area (Å²) in [5, 5.41) is 10.9. The van der Waals surface area contributed by atoms with E-state index < -0.39 is 11.9 Å². The van der Waals surface area contributed by atoms with Gasteiger partial charge in [0.25, 0.3) is 0 Å². The van der Waals surface area contributed by atoms with Gasteiger partial charge in [-0.25, -0.2) is 9.18 Å². The Morgan fingerprint density at radius 2 is 2.31 bits per heavy atom. The average Bonchev–Trinajstić information content (AvgIpc) is 2.23. The van der Waals surface area contributed by atoms with Gasteiger partial charge in [-0.05, 0) is 24.6 Å². The first-order valence-corrected chi connectivity index (χ1v) is 5.03. The zero-order chi connectivity index (χ0) is 12.0. The van der Waals surface area contributed by atoms with Crippen LogP contribution in [0.4, 0.5) is 9.18 Å². The zero-order valence-corrected chi connectivity index (χ0v) is 9.13. The minimum Gasteiger partial charge on any atom is -0.409 e. The number of carbonyl (C=O) groups excluding carboxylic acids is 1. The van der Waals surface area contributed by atoms with Gasteiger partial charge in [-0.3, -0.25) is 0 Å². The fourth-order valence-electron chi connectivity index (χ4n) is 0.963. The molecule has 0 heterocycles. The van der Waals surface area contributed by atoms with Crippen LogP contribution in [0, 0.1) is 5.82 Å². The van der Waals surface area contributed by atoms with Crippen molar-refractivity contribution in [2.45, 2.75) is 6.42 Å². The van der Waals surface area contributed by atoms with E-state index in [-0.39, 0.29) is 17.4 Å². The molecule has 0 saturated carbocycles. The minimum absolute atomic E-state index is 0.0163. The molecule has 0 spiro atoms. The summed E-state index contributed by atoms with van der Waals surface area (Å²) in [6, 6.07) is 3.46. The lowest BCUT2D eigenvalue weighted by Crippen LogP contribution is -2.28. The van der Waals surface area contributed by atoms with Gasteiger partial charge in [0.15, 0.2) is 5.75 Å². The first kappa shape index (κ1) is 12.7. The molecule has 1 amide bonds. The summed E-state index contributed by atoms with van der Waals surface area (Å²) >= 11 is 5.65. The highest BCUT2D eigenvalue weighted by Crippen LogP contribution is 2.24. The summed E-state index contributed by atoms with van der Waals surface area (Å²) in [5.41, 5.74) is 0. The van der Waals surface area contributed by atoms with Crippen molar-refractivity contribution in [1.82, 2.24) is 5.32 Å². The van der Waals surface area contributed by atoms with Crippen LogP contribution in [0.25, 0.3) is 0 Å². The second kappa shape index (κ2) is 6.30. The van der Waals surface area contributed by atoms with Gasteiger partial charge in [0.05, 0.1) is 5.02 Å². The van der Waals surface area contributed by atoms with Gasteiger partial charge in [0.2, 0.25) is 0 Å². The van der Waals surface area contributed by atoms with Crippen LogP contribution in [0.2, 0.25) is 5.02 Å². The third-order valence-corrected chi connectivity index (χ3v) is 2.00. The molecule has 6 heteroatoms. The smallest absolute Gasteiger partial charge is 0.409 e. The highest BCUT2D eigenvalue weighted by molar-refractivity contribution is 6.32. The number of rotatable bonds is 4. The maximum atomic E-state index is 12.7. The highest BCUT2D eigenvalue weighted by Gasteiger charge is 2.08. The van der Waals surface area contributed by atoms with Gasteiger partial charge in [-0.2, -0.15) is 0 Å². The number of aliphatic hydroxyl groups excluding tert-OH is 1. The van der Waals surface area contributed by atoms with E-state index in [0.717, 1.165) is 12.1 Å². The van der Waals surface area contributed by atoms with Crippen molar-refractivity contribution in [1.29, 1.82) is 0 Å². The molecular weight excluding hydrogens is 237 g/mol. The Labute approximate surface area is 97.0 Å². The van der Waals surface area contributed by atoms with Crippen LogP contribution in [0.3, 0.4) is 0 Å². The van der Waals surface area contributed by atoms with Gasteiger partial charge in [0.1, 0.15) is 5.82 Å². The van der Waals surface area contributed by atoms with E-state index in [1.165, 1.54) is 6.07 Å². The molecule has 0 radical (unpaired) electrons. The molecule has 16 heavy (non-hydrogen) atoms. The van der Waals surface area contributed by atoms with Crippen LogP contribution in [-0.2, 0) is 0 Å². The largest absolute Gasteiger partial charge is 0.412 e. The second-order valence-corrected chi connectivity index (χ2v) is 3.38. The van der Waals surface area contributed by atoms with Crippen molar-refractivity contribution >= 4 is 17.7 Å². The van der Waals surface area contributed by atoms with Crippen LogP contribution in [0.1, 0.15) is 6.42 Å². The summed E-state index contributed by atoms with van der Waals surface area (Å²) in [4.78, 5) is 11.2. The van der Waals surface area contributed by atoms with Gasteiger partial charge in [0, 0.05) is 13.2 Å². The van der Waals surface area contributed by atoms with Gasteiger partial charge < -0.3 is 15.2 Å². The van der Waals surface area contributed by atoms with Gasteiger partial charge in [-0.1, -0.05) is 11.6 Å². The molecule has 4 nitrogen and oxygen atoms in total. The molecule has 0 bridgehead atoms. The predicted molar refractivity (Wildman–Crippen MR) is 57.1 cm³/mol. The first-order chi connectivity index (χ1) is 7.63. The molecular formula is C10H11ClFNO3. The van der Waals surface area contributed by atoms with E-state index in [0.29, 0.717) is 13.0 Å². The monoisotopic (exact) mass is 247 g/mol. The van der Waals surface area contributed by atoms with Crippen LogP contribution in [0.5, 0.6) is 5.75 Å². The summed E-state index contributed by atoms with van der Waals surface area (Å²) in [7, 11) is 0. The van der Waals surface area contributed by atoms with E-state index in [4.69, 9.17) is 21.4 Å². The number of ether oxygens (including phenoxy) is 1. The standard InChI is InChI=1S/C10H11ClFNO3/c11-8-6-7(12)2-3-9(8)16-10(15)13-4-1-5-14/h2-3,6,14H,1,4-5H2,(H,13,15). The lowest BCUT2D eigenvalue weighted by molar-refractivity contribution is 0.198. The molecule has 0 aliphatic carbocycles. The van der Waals surface area contributed by atoms with Crippen LogP contribution in [0.15, 0.2) is 18.2 Å². The summed E-state index contributed by atoms with van der Waals surface area (Å²) in [6.07, 6.45) is -0.256. The lowest BCUT2D eigenvalue weighted by atomic mass is 10.3. The summed E-state index contributed by atoms with van der Waals surface area (Å²) < 4.78 is 17.5. The topological polar surface area (TPSA) is 58.6 Å². The van der Waals surface area contributed by atoms with Crippen LogP contribution < -0.4 is 10.1 Å². The van der Waals surface area contributed by atoms with Crippen LogP contribution >= 0.6 is 11.6 Å². The Hall–Kier alpha value is -1.33. The fraction of sp³-hybridized carbons (Fsp3) is 0.300. The molecule has 0 aromatic heterocycles. The van der Waals surface area contributed by atoms with Gasteiger partial charge >= 0.3 is 6.09 Å². The van der Waals surface area contributed by atoms with Crippen molar-refractivity contribution < 1.29 is 19.0 Å². The molecule has 1 rings (SSSR count). The number of carbonyl (C=O) groups is 1. The molecule has 0 atom stereocenters. The quantitative estimate of drug-likeness (QED) is 0.800. The van der Waals surface area contributed by atoms with E-state index in [1.807, 2.05) is 0 Å². The van der Waals surface area contributed by atoms with Crippen LogP contribution in [-0.4, -0.2) is 24.4 Å². The first-order valence-electron chi connectivity index (χ1n) is 4.65. The number of aliphatic hydroxyl groups is 1. The predicted octanol–water partition coefficient (Wildman–Crippen LogP) is 1.95. The molecule has 0 aliphatic rings. The Morgan fingerprint density at radius 3 is 2.94 bits per heavy atom. The zero-order valence-electron chi connectivity index (χ0n) is 8.37. The number of benzene rings is 1. The Balaban J connectivity index is 2.49. The van der Waals surface area contributed by atoms with E-state index in [9.17, 15) is 9.18 Å². The number of hydrogen-bond acceptors (Lipinski definition) is 3. The second-order valence-electron chi connectivity index (χ2n) is 2.97. The van der Waals surface area contributed by atoms with E-state index in [2.05, 4.69) is 5.32 Å². The Morgan fingerprint density at radius 1 is 1.56 bits per heavy atom. The maximum absolute atomic E-state index is 12.7. The third-order valence-electron chi connectivity index (χ3n) is 1.70. The van der Waals surface area contributed by atoms with Gasteiger partial charge in [-0.15, -0.1) is 0 Å². The maximum Gasteiger partial charge on any atom is 0.412 e. The van der Waals surface area contributed by atoms with E-state index >= 15 is 0 Å². The Kier molecular flexibility index (Phi) is 5.01. The van der Waals surface area contributed by atoms with E-state index in [1.54, 1.807) is 0 Å². The summed E-state index contributed by atoms with van der Waals surface area (Å²) in [5.74, 6) is -0.414. The molecule has 88 valence electrons. The lowest BCUT2D eigenvalue weighted by Gasteiger charge is -2.07. The van der Waals surface area contributed by atoms with Crippen molar-refractivity contribution in [3.63, 3.8) is 0 Å². The number of nitrogens with one attached hydrogen (secondary N) is 1. The Bertz CT molecular complexity index is 373. The number of amides is 1. The average molecular weight is 248 g/mol.